The van der Waals surface area contributed by atoms with E-state index in [2.05, 4.69) is 12.2 Å². The third kappa shape index (κ3) is 4.72. The molecule has 0 spiro atoms. The topological polar surface area (TPSA) is 56.8 Å². The summed E-state index contributed by atoms with van der Waals surface area (Å²) in [6, 6.07) is 0. The van der Waals surface area contributed by atoms with Gasteiger partial charge in [-0.2, -0.15) is 0 Å². The summed E-state index contributed by atoms with van der Waals surface area (Å²) >= 11 is 0. The van der Waals surface area contributed by atoms with E-state index in [1.165, 1.54) is 7.11 Å². The first-order chi connectivity index (χ1) is 9.60. The third-order valence-electron chi connectivity index (χ3n) is 3.67. The largest absolute Gasteiger partial charge is 0.468 e. The molecule has 20 heavy (non-hydrogen) atoms. The quantitative estimate of drug-likeness (QED) is 0.587. The van der Waals surface area contributed by atoms with Crippen LogP contribution in [0.15, 0.2) is 0 Å². The van der Waals surface area contributed by atoms with Crippen LogP contribution < -0.4 is 5.32 Å². The molecule has 0 aromatic carbocycles. The average Bonchev–Trinajstić information content (AvgIpc) is 3.29. The van der Waals surface area contributed by atoms with Gasteiger partial charge in [-0.1, -0.05) is 6.92 Å². The predicted octanol–water partition coefficient (Wildman–Crippen LogP) is 1.75. The fraction of sp³-hybridized carbons (Fsp3) is 0.933. The lowest BCUT2D eigenvalue weighted by molar-refractivity contribution is -0.154. The van der Waals surface area contributed by atoms with Gasteiger partial charge in [0.25, 0.3) is 0 Å². The van der Waals surface area contributed by atoms with Gasteiger partial charge in [0.2, 0.25) is 0 Å². The second-order valence-electron chi connectivity index (χ2n) is 5.45. The first-order valence-corrected chi connectivity index (χ1v) is 7.63. The van der Waals surface area contributed by atoms with Crippen LogP contribution in [0, 0.1) is 5.92 Å². The molecule has 0 bridgehead atoms. The third-order valence-corrected chi connectivity index (χ3v) is 3.67. The monoisotopic (exact) mass is 287 g/mol. The summed E-state index contributed by atoms with van der Waals surface area (Å²) in [5, 5.41) is 3.37. The van der Waals surface area contributed by atoms with Gasteiger partial charge in [0.15, 0.2) is 0 Å². The lowest BCUT2D eigenvalue weighted by Gasteiger charge is -2.33. The summed E-state index contributed by atoms with van der Waals surface area (Å²) in [6.07, 6.45) is 3.05. The lowest BCUT2D eigenvalue weighted by atomic mass is 9.93. The molecular weight excluding hydrogens is 258 g/mol. The van der Waals surface area contributed by atoms with Crippen molar-refractivity contribution in [1.29, 1.82) is 0 Å². The van der Waals surface area contributed by atoms with Crippen LogP contribution in [-0.2, 0) is 19.0 Å². The molecule has 5 nitrogen and oxygen atoms in total. The van der Waals surface area contributed by atoms with E-state index in [1.54, 1.807) is 0 Å². The first kappa shape index (κ1) is 17.4. The van der Waals surface area contributed by atoms with Crippen molar-refractivity contribution in [2.24, 2.45) is 5.92 Å². The maximum Gasteiger partial charge on any atom is 0.328 e. The standard InChI is InChI=1S/C15H29NO4/c1-5-9-16-15(13-7-8-13,14(17)18-4)11-20-12(3)10-19-6-2/h12-13,16H,5-11H2,1-4H3. The van der Waals surface area contributed by atoms with Crippen molar-refractivity contribution in [3.8, 4) is 0 Å². The Morgan fingerprint density at radius 3 is 2.60 bits per heavy atom. The van der Waals surface area contributed by atoms with Crippen LogP contribution in [-0.4, -0.2) is 51.1 Å². The van der Waals surface area contributed by atoms with Gasteiger partial charge >= 0.3 is 5.97 Å². The molecule has 1 aliphatic rings. The summed E-state index contributed by atoms with van der Waals surface area (Å²) < 4.78 is 16.2. The Bertz CT molecular complexity index is 294. The Labute approximate surface area is 122 Å². The van der Waals surface area contributed by atoms with Gasteiger partial charge < -0.3 is 14.2 Å². The van der Waals surface area contributed by atoms with Crippen molar-refractivity contribution >= 4 is 5.97 Å². The van der Waals surface area contributed by atoms with E-state index < -0.39 is 5.54 Å². The van der Waals surface area contributed by atoms with Crippen LogP contribution in [0.25, 0.3) is 0 Å². The first-order valence-electron chi connectivity index (χ1n) is 7.63. The molecule has 1 saturated carbocycles. The van der Waals surface area contributed by atoms with Crippen LogP contribution in [0.4, 0.5) is 0 Å². The van der Waals surface area contributed by atoms with E-state index in [4.69, 9.17) is 14.2 Å². The molecule has 1 N–H and O–H groups in total. The van der Waals surface area contributed by atoms with Gasteiger partial charge in [0.05, 0.1) is 26.4 Å². The van der Waals surface area contributed by atoms with Crippen molar-refractivity contribution in [3.63, 3.8) is 0 Å². The van der Waals surface area contributed by atoms with E-state index >= 15 is 0 Å². The number of hydrogen-bond donors (Lipinski definition) is 1. The summed E-state index contributed by atoms with van der Waals surface area (Å²) in [5.74, 6) is 0.109. The maximum absolute atomic E-state index is 12.3. The van der Waals surface area contributed by atoms with Crippen molar-refractivity contribution < 1.29 is 19.0 Å². The smallest absolute Gasteiger partial charge is 0.328 e. The molecule has 0 saturated heterocycles. The zero-order valence-electron chi connectivity index (χ0n) is 13.2. The van der Waals surface area contributed by atoms with Gasteiger partial charge in [-0.05, 0) is 45.6 Å². The van der Waals surface area contributed by atoms with Crippen LogP contribution in [0.1, 0.15) is 40.0 Å². The molecule has 0 amide bonds. The molecule has 0 aromatic heterocycles. The number of methoxy groups -OCH3 is 1. The Morgan fingerprint density at radius 1 is 1.40 bits per heavy atom. The minimum absolute atomic E-state index is 0.0267. The van der Waals surface area contributed by atoms with Crippen LogP contribution in [0.2, 0.25) is 0 Å². The molecule has 1 rings (SSSR count). The summed E-state index contributed by atoms with van der Waals surface area (Å²) in [6.45, 7) is 8.36. The molecule has 1 aliphatic carbocycles. The molecule has 2 atom stereocenters. The van der Waals surface area contributed by atoms with Crippen LogP contribution in [0.3, 0.4) is 0 Å². The fourth-order valence-corrected chi connectivity index (χ4v) is 2.32. The summed E-state index contributed by atoms with van der Waals surface area (Å²) in [5.41, 5.74) is -0.689. The highest BCUT2D eigenvalue weighted by Gasteiger charge is 2.52. The molecule has 0 aliphatic heterocycles. The molecule has 5 heteroatoms. The predicted molar refractivity (Wildman–Crippen MR) is 77.7 cm³/mol. The Balaban J connectivity index is 2.63. The molecule has 1 fully saturated rings. The van der Waals surface area contributed by atoms with Crippen molar-refractivity contribution in [3.05, 3.63) is 0 Å². The van der Waals surface area contributed by atoms with E-state index in [0.717, 1.165) is 25.8 Å². The molecule has 118 valence electrons. The Morgan fingerprint density at radius 2 is 2.10 bits per heavy atom. The van der Waals surface area contributed by atoms with Crippen molar-refractivity contribution in [2.45, 2.75) is 51.7 Å². The number of esters is 1. The van der Waals surface area contributed by atoms with Crippen LogP contribution in [0.5, 0.6) is 0 Å². The fourth-order valence-electron chi connectivity index (χ4n) is 2.32. The normalized spacial score (nSPS) is 19.4. The van der Waals surface area contributed by atoms with Crippen molar-refractivity contribution in [1.82, 2.24) is 5.32 Å². The van der Waals surface area contributed by atoms with Gasteiger partial charge in [-0.3, -0.25) is 5.32 Å². The highest BCUT2D eigenvalue weighted by molar-refractivity contribution is 5.82. The van der Waals surface area contributed by atoms with E-state index in [-0.39, 0.29) is 12.1 Å². The summed E-state index contributed by atoms with van der Waals surface area (Å²) in [4.78, 5) is 12.3. The van der Waals surface area contributed by atoms with Gasteiger partial charge in [-0.15, -0.1) is 0 Å². The zero-order chi connectivity index (χ0) is 15.0. The van der Waals surface area contributed by atoms with Gasteiger partial charge in [-0.25, -0.2) is 4.79 Å². The maximum atomic E-state index is 12.3. The minimum atomic E-state index is -0.689. The van der Waals surface area contributed by atoms with E-state index in [1.807, 2.05) is 13.8 Å². The number of rotatable bonds is 11. The molecule has 2 unspecified atom stereocenters. The second kappa shape index (κ2) is 8.60. The average molecular weight is 287 g/mol. The highest BCUT2D eigenvalue weighted by atomic mass is 16.5. The number of carbonyl (C=O) groups excluding carboxylic acids is 1. The Hall–Kier alpha value is -0.650. The number of carbonyl (C=O) groups is 1. The number of ether oxygens (including phenoxy) is 3. The van der Waals surface area contributed by atoms with Gasteiger partial charge in [0.1, 0.15) is 5.54 Å². The molecule has 0 aromatic rings. The SMILES string of the molecule is CCCNC(COC(C)COCC)(C(=O)OC)C1CC1. The number of hydrogen-bond acceptors (Lipinski definition) is 5. The second-order valence-corrected chi connectivity index (χ2v) is 5.45. The Kier molecular flexibility index (Phi) is 7.48. The summed E-state index contributed by atoms with van der Waals surface area (Å²) in [7, 11) is 1.44. The minimum Gasteiger partial charge on any atom is -0.468 e. The van der Waals surface area contributed by atoms with Gasteiger partial charge in [0, 0.05) is 6.61 Å². The molecule has 0 heterocycles. The van der Waals surface area contributed by atoms with E-state index in [0.29, 0.717) is 25.7 Å². The zero-order valence-corrected chi connectivity index (χ0v) is 13.2. The molecular formula is C15H29NO4. The highest BCUT2D eigenvalue weighted by Crippen LogP contribution is 2.41. The van der Waals surface area contributed by atoms with E-state index in [9.17, 15) is 4.79 Å². The van der Waals surface area contributed by atoms with Crippen molar-refractivity contribution in [2.75, 3.05) is 33.5 Å². The lowest BCUT2D eigenvalue weighted by Crippen LogP contribution is -2.58. The molecule has 0 radical (unpaired) electrons. The number of nitrogens with one attached hydrogen (secondary N) is 1. The van der Waals surface area contributed by atoms with Crippen LogP contribution >= 0.6 is 0 Å².